The smallest absolute Gasteiger partial charge is 0.231 e. The van der Waals surface area contributed by atoms with Crippen LogP contribution in [-0.4, -0.2) is 22.8 Å². The van der Waals surface area contributed by atoms with Gasteiger partial charge in [0.05, 0.1) is 0 Å². The Bertz CT molecular complexity index is 921. The van der Waals surface area contributed by atoms with Gasteiger partial charge in [0.2, 0.25) is 6.79 Å². The number of hydrogen-bond donors (Lipinski definition) is 1. The van der Waals surface area contributed by atoms with E-state index in [4.69, 9.17) is 14.5 Å². The minimum absolute atomic E-state index is 0.273. The van der Waals surface area contributed by atoms with Crippen LogP contribution in [0.5, 0.6) is 11.5 Å². The van der Waals surface area contributed by atoms with Crippen LogP contribution in [0.4, 0.5) is 5.82 Å². The summed E-state index contributed by atoms with van der Waals surface area (Å²) < 4.78 is 11.2. The highest BCUT2D eigenvalue weighted by molar-refractivity contribution is 6.03. The van der Waals surface area contributed by atoms with Crippen molar-refractivity contribution in [2.24, 2.45) is 0 Å². The van der Waals surface area contributed by atoms with Crippen molar-refractivity contribution in [3.8, 4) is 22.6 Å². The SMILES string of the molecule is c1cc(-c2cnc(NC3CCCC3)c3cc4c(cc23)OCO4)ccn1. The predicted octanol–water partition coefficient (Wildman–Crippen LogP) is 4.38. The summed E-state index contributed by atoms with van der Waals surface area (Å²) in [7, 11) is 0. The molecule has 1 N–H and O–H groups in total. The van der Waals surface area contributed by atoms with E-state index < -0.39 is 0 Å². The van der Waals surface area contributed by atoms with Gasteiger partial charge in [-0.1, -0.05) is 12.8 Å². The minimum Gasteiger partial charge on any atom is -0.454 e. The Balaban J connectivity index is 1.69. The van der Waals surface area contributed by atoms with Crippen LogP contribution in [0.1, 0.15) is 25.7 Å². The zero-order valence-corrected chi connectivity index (χ0v) is 13.9. The molecule has 5 heteroatoms. The first-order valence-corrected chi connectivity index (χ1v) is 8.78. The lowest BCUT2D eigenvalue weighted by Gasteiger charge is -2.17. The van der Waals surface area contributed by atoms with Crippen molar-refractivity contribution < 1.29 is 9.47 Å². The summed E-state index contributed by atoms with van der Waals surface area (Å²) in [6.07, 6.45) is 10.5. The standard InChI is InChI=1S/C20H19N3O2/c1-2-4-14(3-1)23-20-16-10-19-18(24-12-25-19)9-15(16)17(11-22-20)13-5-7-21-8-6-13/h5-11,14H,1-4,12H2,(H,22,23). The Morgan fingerprint density at radius 2 is 1.68 bits per heavy atom. The van der Waals surface area contributed by atoms with Gasteiger partial charge in [0.25, 0.3) is 0 Å². The molecule has 126 valence electrons. The predicted molar refractivity (Wildman–Crippen MR) is 97.0 cm³/mol. The Morgan fingerprint density at radius 3 is 2.44 bits per heavy atom. The number of nitrogens with zero attached hydrogens (tertiary/aromatic N) is 2. The van der Waals surface area contributed by atoms with Crippen molar-refractivity contribution in [2.45, 2.75) is 31.7 Å². The molecule has 0 unspecified atom stereocenters. The fourth-order valence-electron chi connectivity index (χ4n) is 3.77. The van der Waals surface area contributed by atoms with Crippen molar-refractivity contribution in [1.29, 1.82) is 0 Å². The van der Waals surface area contributed by atoms with E-state index in [-0.39, 0.29) is 6.79 Å². The highest BCUT2D eigenvalue weighted by Gasteiger charge is 2.21. The summed E-state index contributed by atoms with van der Waals surface area (Å²) >= 11 is 0. The van der Waals surface area contributed by atoms with E-state index in [1.54, 1.807) is 12.4 Å². The minimum atomic E-state index is 0.273. The van der Waals surface area contributed by atoms with Gasteiger partial charge >= 0.3 is 0 Å². The van der Waals surface area contributed by atoms with Crippen LogP contribution in [0.15, 0.2) is 42.9 Å². The van der Waals surface area contributed by atoms with Gasteiger partial charge in [0.1, 0.15) is 5.82 Å². The molecular weight excluding hydrogens is 314 g/mol. The van der Waals surface area contributed by atoms with E-state index in [9.17, 15) is 0 Å². The van der Waals surface area contributed by atoms with Gasteiger partial charge in [0.15, 0.2) is 11.5 Å². The van der Waals surface area contributed by atoms with Crippen LogP contribution in [0.3, 0.4) is 0 Å². The van der Waals surface area contributed by atoms with Crippen molar-refractivity contribution in [1.82, 2.24) is 9.97 Å². The molecule has 0 atom stereocenters. The Labute approximate surface area is 146 Å². The Kier molecular flexibility index (Phi) is 3.44. The molecule has 5 rings (SSSR count). The third kappa shape index (κ3) is 2.56. The second-order valence-electron chi connectivity index (χ2n) is 6.63. The topological polar surface area (TPSA) is 56.3 Å². The number of pyridine rings is 2. The van der Waals surface area contributed by atoms with E-state index >= 15 is 0 Å². The monoisotopic (exact) mass is 333 g/mol. The van der Waals surface area contributed by atoms with Gasteiger partial charge in [0, 0.05) is 35.6 Å². The second kappa shape index (κ2) is 5.92. The Hall–Kier alpha value is -2.82. The van der Waals surface area contributed by atoms with Crippen LogP contribution in [0, 0.1) is 0 Å². The maximum Gasteiger partial charge on any atom is 0.231 e. The van der Waals surface area contributed by atoms with E-state index in [1.807, 2.05) is 24.4 Å². The molecule has 1 saturated carbocycles. The van der Waals surface area contributed by atoms with Gasteiger partial charge in [-0.15, -0.1) is 0 Å². The summed E-state index contributed by atoms with van der Waals surface area (Å²) in [6.45, 7) is 0.273. The number of ether oxygens (including phenoxy) is 2. The quantitative estimate of drug-likeness (QED) is 0.771. The van der Waals surface area contributed by atoms with Crippen molar-refractivity contribution in [3.05, 3.63) is 42.9 Å². The molecule has 1 aliphatic heterocycles. The molecule has 3 heterocycles. The molecule has 1 fully saturated rings. The molecule has 0 amide bonds. The lowest BCUT2D eigenvalue weighted by atomic mass is 10.0. The molecule has 25 heavy (non-hydrogen) atoms. The van der Waals surface area contributed by atoms with Crippen LogP contribution >= 0.6 is 0 Å². The number of nitrogens with one attached hydrogen (secondary N) is 1. The van der Waals surface area contributed by atoms with Gasteiger partial charge < -0.3 is 14.8 Å². The number of fused-ring (bicyclic) bond motifs is 2. The molecular formula is C20H19N3O2. The first-order valence-electron chi connectivity index (χ1n) is 8.78. The fraction of sp³-hybridized carbons (Fsp3) is 0.300. The molecule has 3 aromatic rings. The van der Waals surface area contributed by atoms with E-state index in [1.165, 1.54) is 25.7 Å². The zero-order valence-electron chi connectivity index (χ0n) is 13.9. The van der Waals surface area contributed by atoms with Gasteiger partial charge in [-0.3, -0.25) is 4.98 Å². The summed E-state index contributed by atoms with van der Waals surface area (Å²) in [6, 6.07) is 8.63. The summed E-state index contributed by atoms with van der Waals surface area (Å²) in [5.41, 5.74) is 2.17. The third-order valence-electron chi connectivity index (χ3n) is 5.07. The third-order valence-corrected chi connectivity index (χ3v) is 5.07. The average Bonchev–Trinajstić information content (AvgIpc) is 3.32. The molecule has 1 aromatic carbocycles. The first-order chi connectivity index (χ1) is 12.4. The molecule has 2 aromatic heterocycles. The van der Waals surface area contributed by atoms with Crippen molar-refractivity contribution in [3.63, 3.8) is 0 Å². The van der Waals surface area contributed by atoms with Crippen LogP contribution in [0.2, 0.25) is 0 Å². The molecule has 2 aliphatic rings. The lowest BCUT2D eigenvalue weighted by molar-refractivity contribution is 0.174. The van der Waals surface area contributed by atoms with E-state index in [0.29, 0.717) is 6.04 Å². The number of hydrogen-bond acceptors (Lipinski definition) is 5. The largest absolute Gasteiger partial charge is 0.454 e. The number of aromatic nitrogens is 2. The van der Waals surface area contributed by atoms with Gasteiger partial charge in [-0.2, -0.15) is 0 Å². The van der Waals surface area contributed by atoms with E-state index in [0.717, 1.165) is 39.2 Å². The van der Waals surface area contributed by atoms with Crippen LogP contribution in [0.25, 0.3) is 21.9 Å². The summed E-state index contributed by atoms with van der Waals surface area (Å²) in [5.74, 6) is 2.51. The number of benzene rings is 1. The first kappa shape index (κ1) is 14.5. The highest BCUT2D eigenvalue weighted by Crippen LogP contribution is 2.41. The van der Waals surface area contributed by atoms with Gasteiger partial charge in [-0.25, -0.2) is 4.98 Å². The molecule has 1 aliphatic carbocycles. The molecule has 0 saturated heterocycles. The van der Waals surface area contributed by atoms with Gasteiger partial charge in [-0.05, 0) is 48.1 Å². The van der Waals surface area contributed by atoms with Crippen molar-refractivity contribution >= 4 is 16.6 Å². The summed E-state index contributed by atoms with van der Waals surface area (Å²) in [5, 5.41) is 5.83. The second-order valence-corrected chi connectivity index (χ2v) is 6.63. The Morgan fingerprint density at radius 1 is 0.960 bits per heavy atom. The lowest BCUT2D eigenvalue weighted by Crippen LogP contribution is -2.15. The maximum atomic E-state index is 5.60. The molecule has 0 spiro atoms. The molecule has 0 radical (unpaired) electrons. The highest BCUT2D eigenvalue weighted by atomic mass is 16.7. The molecule has 0 bridgehead atoms. The summed E-state index contributed by atoms with van der Waals surface area (Å²) in [4.78, 5) is 8.86. The molecule has 5 nitrogen and oxygen atoms in total. The van der Waals surface area contributed by atoms with Crippen molar-refractivity contribution in [2.75, 3.05) is 12.1 Å². The van der Waals surface area contributed by atoms with E-state index in [2.05, 4.69) is 16.4 Å². The maximum absolute atomic E-state index is 5.60. The normalized spacial score (nSPS) is 16.5. The number of rotatable bonds is 3. The van der Waals surface area contributed by atoms with Crippen LogP contribution < -0.4 is 14.8 Å². The fourth-order valence-corrected chi connectivity index (χ4v) is 3.77. The number of anilines is 1. The van der Waals surface area contributed by atoms with Crippen LogP contribution in [-0.2, 0) is 0 Å². The zero-order chi connectivity index (χ0) is 16.6. The average molecular weight is 333 g/mol.